The van der Waals surface area contributed by atoms with Crippen LogP contribution in [0.2, 0.25) is 0 Å². The first-order chi connectivity index (χ1) is 20.0. The summed E-state index contributed by atoms with van der Waals surface area (Å²) in [6, 6.07) is 9.59. The SMILES string of the molecule is Cc1ccc(-c2cc(NCC3CCN(C)CC3)c3cc(O)c(OCCCN4CCCC4)cc3n2)o1.O=C(O)C(F)(F)F. The first-order valence-electron chi connectivity index (χ1n) is 14.3. The number of benzene rings is 1. The fourth-order valence-electron chi connectivity index (χ4n) is 5.20. The minimum atomic E-state index is -5.08. The number of rotatable bonds is 9. The van der Waals surface area contributed by atoms with Gasteiger partial charge >= 0.3 is 12.1 Å². The van der Waals surface area contributed by atoms with Crippen molar-refractivity contribution in [1.82, 2.24) is 14.8 Å². The van der Waals surface area contributed by atoms with Gasteiger partial charge in [-0.3, -0.25) is 0 Å². The van der Waals surface area contributed by atoms with E-state index in [0.717, 1.165) is 66.4 Å². The van der Waals surface area contributed by atoms with Crippen molar-refractivity contribution in [2.24, 2.45) is 5.92 Å². The van der Waals surface area contributed by atoms with E-state index >= 15 is 0 Å². The summed E-state index contributed by atoms with van der Waals surface area (Å²) in [4.78, 5) is 18.6. The van der Waals surface area contributed by atoms with E-state index in [1.165, 1.54) is 38.8 Å². The second kappa shape index (κ2) is 14.1. The quantitative estimate of drug-likeness (QED) is 0.267. The number of carbonyl (C=O) groups is 1. The molecule has 0 radical (unpaired) electrons. The third kappa shape index (κ3) is 8.75. The Labute approximate surface area is 243 Å². The highest BCUT2D eigenvalue weighted by Gasteiger charge is 2.38. The van der Waals surface area contributed by atoms with Gasteiger partial charge in [-0.15, -0.1) is 0 Å². The summed E-state index contributed by atoms with van der Waals surface area (Å²) < 4.78 is 43.6. The van der Waals surface area contributed by atoms with Crippen LogP contribution in [0.1, 0.15) is 37.9 Å². The number of phenolic OH excluding ortho intramolecular Hbond substituents is 1. The highest BCUT2D eigenvalue weighted by molar-refractivity contribution is 5.95. The summed E-state index contributed by atoms with van der Waals surface area (Å²) in [7, 11) is 2.19. The van der Waals surface area contributed by atoms with Gasteiger partial charge in [-0.1, -0.05) is 0 Å². The molecule has 0 unspecified atom stereocenters. The molecule has 0 bridgehead atoms. The zero-order chi connectivity index (χ0) is 30.3. The molecular weight excluding hydrogens is 553 g/mol. The van der Waals surface area contributed by atoms with Gasteiger partial charge < -0.3 is 34.5 Å². The fourth-order valence-corrected chi connectivity index (χ4v) is 5.20. The van der Waals surface area contributed by atoms with Crippen molar-refractivity contribution >= 4 is 22.6 Å². The Balaban J connectivity index is 0.000000517. The Morgan fingerprint density at radius 3 is 2.45 bits per heavy atom. The summed E-state index contributed by atoms with van der Waals surface area (Å²) in [5.74, 6) is 0.122. The number of hydrogen-bond donors (Lipinski definition) is 3. The van der Waals surface area contributed by atoms with Crippen LogP contribution in [0, 0.1) is 12.8 Å². The van der Waals surface area contributed by atoms with Crippen LogP contribution in [0.15, 0.2) is 34.7 Å². The number of anilines is 1. The van der Waals surface area contributed by atoms with E-state index in [-0.39, 0.29) is 5.75 Å². The molecule has 0 aliphatic carbocycles. The number of fused-ring (bicyclic) bond motifs is 1. The Kier molecular flexibility index (Phi) is 10.6. The maximum Gasteiger partial charge on any atom is 0.490 e. The highest BCUT2D eigenvalue weighted by Crippen LogP contribution is 2.37. The maximum atomic E-state index is 10.8. The molecule has 230 valence electrons. The molecule has 2 aromatic heterocycles. The van der Waals surface area contributed by atoms with Gasteiger partial charge in [-0.25, -0.2) is 9.78 Å². The maximum absolute atomic E-state index is 10.8. The van der Waals surface area contributed by atoms with Crippen LogP contribution in [-0.2, 0) is 4.79 Å². The number of alkyl halides is 3. The van der Waals surface area contributed by atoms with Crippen molar-refractivity contribution in [3.05, 3.63) is 36.1 Å². The molecule has 2 aliphatic rings. The number of pyridine rings is 1. The molecule has 9 nitrogen and oxygen atoms in total. The number of hydrogen-bond acceptors (Lipinski definition) is 8. The summed E-state index contributed by atoms with van der Waals surface area (Å²) in [6.07, 6.45) is 0.836. The number of phenols is 1. The topological polar surface area (TPSA) is 111 Å². The average molecular weight is 593 g/mol. The Bertz CT molecular complexity index is 1330. The Morgan fingerprint density at radius 1 is 1.14 bits per heavy atom. The summed E-state index contributed by atoms with van der Waals surface area (Å²) >= 11 is 0. The number of nitrogens with zero attached hydrogens (tertiary/aromatic N) is 3. The number of halogens is 3. The minimum absolute atomic E-state index is 0.157. The smallest absolute Gasteiger partial charge is 0.490 e. The fraction of sp³-hybridized carbons (Fsp3) is 0.533. The molecule has 2 saturated heterocycles. The van der Waals surface area contributed by atoms with Crippen LogP contribution in [0.4, 0.5) is 18.9 Å². The third-order valence-electron chi connectivity index (χ3n) is 7.62. The number of nitrogens with one attached hydrogen (secondary N) is 1. The van der Waals surface area contributed by atoms with E-state index in [1.807, 2.05) is 31.2 Å². The predicted molar refractivity (Wildman–Crippen MR) is 154 cm³/mol. The molecule has 0 saturated carbocycles. The van der Waals surface area contributed by atoms with Crippen LogP contribution < -0.4 is 10.1 Å². The first kappa shape index (κ1) is 31.4. The van der Waals surface area contributed by atoms with Crippen molar-refractivity contribution in [2.75, 3.05) is 58.2 Å². The zero-order valence-corrected chi connectivity index (χ0v) is 24.0. The average Bonchev–Trinajstić information content (AvgIpc) is 3.62. The number of carboxylic acid groups (broad SMARTS) is 1. The van der Waals surface area contributed by atoms with Crippen LogP contribution in [0.5, 0.6) is 11.5 Å². The number of aromatic nitrogens is 1. The Morgan fingerprint density at radius 2 is 1.83 bits per heavy atom. The molecule has 2 fully saturated rings. The van der Waals surface area contributed by atoms with Crippen molar-refractivity contribution < 1.29 is 37.3 Å². The lowest BCUT2D eigenvalue weighted by Gasteiger charge is -2.29. The van der Waals surface area contributed by atoms with Crippen LogP contribution in [0.3, 0.4) is 0 Å². The van der Waals surface area contributed by atoms with E-state index in [2.05, 4.69) is 22.2 Å². The van der Waals surface area contributed by atoms with E-state index in [1.54, 1.807) is 6.07 Å². The normalized spacial score (nSPS) is 16.8. The van der Waals surface area contributed by atoms with E-state index in [4.69, 9.17) is 24.0 Å². The molecule has 0 atom stereocenters. The van der Waals surface area contributed by atoms with Crippen molar-refractivity contribution in [3.63, 3.8) is 0 Å². The van der Waals surface area contributed by atoms with Gasteiger partial charge in [0.25, 0.3) is 0 Å². The van der Waals surface area contributed by atoms with Crippen molar-refractivity contribution in [3.8, 4) is 23.0 Å². The second-order valence-electron chi connectivity index (χ2n) is 11.0. The molecule has 3 N–H and O–H groups in total. The molecule has 1 aromatic carbocycles. The minimum Gasteiger partial charge on any atom is -0.504 e. The Hall–Kier alpha value is -3.51. The third-order valence-corrected chi connectivity index (χ3v) is 7.62. The number of ether oxygens (including phenoxy) is 1. The molecule has 4 heterocycles. The van der Waals surface area contributed by atoms with Gasteiger partial charge in [0.15, 0.2) is 17.3 Å². The van der Waals surface area contributed by atoms with E-state index in [9.17, 15) is 18.3 Å². The summed E-state index contributed by atoms with van der Waals surface area (Å²) in [6.45, 7) is 9.11. The summed E-state index contributed by atoms with van der Waals surface area (Å²) in [5.41, 5.74) is 2.53. The van der Waals surface area contributed by atoms with Crippen molar-refractivity contribution in [2.45, 2.75) is 45.2 Å². The second-order valence-corrected chi connectivity index (χ2v) is 11.0. The van der Waals surface area contributed by atoms with Gasteiger partial charge in [0, 0.05) is 30.2 Å². The lowest BCUT2D eigenvalue weighted by atomic mass is 9.97. The number of aryl methyl sites for hydroxylation is 1. The molecule has 0 amide bonds. The van der Waals surface area contributed by atoms with Crippen LogP contribution >= 0.6 is 0 Å². The number of piperidine rings is 1. The van der Waals surface area contributed by atoms with Gasteiger partial charge in [-0.2, -0.15) is 13.2 Å². The predicted octanol–water partition coefficient (Wildman–Crippen LogP) is 5.76. The number of aliphatic carboxylic acids is 1. The monoisotopic (exact) mass is 592 g/mol. The van der Waals surface area contributed by atoms with Crippen LogP contribution in [-0.4, -0.2) is 90.1 Å². The van der Waals surface area contributed by atoms with Gasteiger partial charge in [-0.05, 0) is 102 Å². The first-order valence-corrected chi connectivity index (χ1v) is 14.3. The van der Waals surface area contributed by atoms with Crippen LogP contribution in [0.25, 0.3) is 22.4 Å². The molecule has 5 rings (SSSR count). The van der Waals surface area contributed by atoms with Crippen molar-refractivity contribution in [1.29, 1.82) is 0 Å². The van der Waals surface area contributed by atoms with Gasteiger partial charge in [0.2, 0.25) is 0 Å². The number of aromatic hydroxyl groups is 1. The molecule has 12 heteroatoms. The number of furan rings is 1. The largest absolute Gasteiger partial charge is 0.504 e. The van der Waals surface area contributed by atoms with E-state index in [0.29, 0.717) is 18.3 Å². The molecule has 2 aliphatic heterocycles. The molecular formula is C30H39F3N4O5. The lowest BCUT2D eigenvalue weighted by molar-refractivity contribution is -0.192. The van der Waals surface area contributed by atoms with Gasteiger partial charge in [0.05, 0.1) is 12.1 Å². The lowest BCUT2D eigenvalue weighted by Crippen LogP contribution is -2.32. The number of carboxylic acids is 1. The highest BCUT2D eigenvalue weighted by atomic mass is 19.4. The number of likely N-dealkylation sites (tertiary alicyclic amines) is 2. The van der Waals surface area contributed by atoms with E-state index < -0.39 is 12.1 Å². The molecule has 42 heavy (non-hydrogen) atoms. The summed E-state index contributed by atoms with van der Waals surface area (Å²) in [5, 5.41) is 22.4. The molecule has 3 aromatic rings. The standard InChI is InChI=1S/C28H38N4O3.C2HF3O2/c1-20-6-7-27(35-20)25-17-23(29-19-21-8-13-31(2)14-9-21)22-16-26(33)28(18-24(22)30-25)34-15-5-12-32-10-3-4-11-32;3-2(4,5)1(6)7/h6-7,16-18,21,33H,3-5,8-15,19H2,1-2H3,(H,29,30);(H,6,7). The molecule has 0 spiro atoms. The van der Waals surface area contributed by atoms with Gasteiger partial charge in [0.1, 0.15) is 11.5 Å². The zero-order valence-electron chi connectivity index (χ0n) is 24.0.